The van der Waals surface area contributed by atoms with Gasteiger partial charge in [-0.15, -0.1) is 11.3 Å². The van der Waals surface area contributed by atoms with Crippen LogP contribution in [-0.4, -0.2) is 27.6 Å². The molecule has 0 bridgehead atoms. The van der Waals surface area contributed by atoms with Crippen LogP contribution in [0.2, 0.25) is 0 Å². The van der Waals surface area contributed by atoms with Gasteiger partial charge in [-0.05, 0) is 12.1 Å². The molecule has 3 aromatic heterocycles. The van der Waals surface area contributed by atoms with Crippen LogP contribution < -0.4 is 11.1 Å². The number of thiophene rings is 1. The van der Waals surface area contributed by atoms with Crippen LogP contribution in [0.1, 0.15) is 15.6 Å². The van der Waals surface area contributed by atoms with Crippen molar-refractivity contribution in [2.45, 2.75) is 6.42 Å². The Morgan fingerprint density at radius 2 is 2.35 bits per heavy atom. The number of aromatic nitrogens is 3. The van der Waals surface area contributed by atoms with Crippen molar-refractivity contribution in [3.63, 3.8) is 0 Å². The maximum Gasteiger partial charge on any atom is 0.263 e. The minimum atomic E-state index is -0.218. The number of rotatable bonds is 4. The summed E-state index contributed by atoms with van der Waals surface area (Å²) in [5, 5.41) is 7.08. The Morgan fingerprint density at radius 3 is 3.10 bits per heavy atom. The van der Waals surface area contributed by atoms with Crippen molar-refractivity contribution >= 4 is 33.1 Å². The fraction of sp³-hybridized carbons (Fsp3) is 0.167. The van der Waals surface area contributed by atoms with E-state index < -0.39 is 0 Å². The van der Waals surface area contributed by atoms with Crippen LogP contribution in [-0.2, 0) is 6.42 Å². The van der Waals surface area contributed by atoms with Crippen LogP contribution in [0.3, 0.4) is 0 Å². The van der Waals surface area contributed by atoms with Gasteiger partial charge in [-0.1, -0.05) is 5.16 Å². The van der Waals surface area contributed by atoms with Crippen molar-refractivity contribution in [2.75, 3.05) is 12.3 Å². The Hall–Kier alpha value is -2.48. The molecule has 0 saturated heterocycles. The quantitative estimate of drug-likeness (QED) is 0.748. The number of pyridine rings is 1. The number of hydrogen-bond acceptors (Lipinski definition) is 7. The topological polar surface area (TPSA) is 107 Å². The summed E-state index contributed by atoms with van der Waals surface area (Å²) in [4.78, 5) is 21.4. The second-order valence-corrected chi connectivity index (χ2v) is 5.04. The number of nitrogens with two attached hydrogens (primary N) is 1. The van der Waals surface area contributed by atoms with E-state index in [0.29, 0.717) is 29.4 Å². The molecule has 3 aromatic rings. The largest absolute Gasteiger partial charge is 0.397 e. The van der Waals surface area contributed by atoms with E-state index in [1.165, 1.54) is 17.7 Å². The zero-order chi connectivity index (χ0) is 13.9. The summed E-state index contributed by atoms with van der Waals surface area (Å²) in [6, 6.07) is 3.64. The lowest BCUT2D eigenvalue weighted by Crippen LogP contribution is -2.25. The van der Waals surface area contributed by atoms with E-state index in [1.54, 1.807) is 12.3 Å². The number of nitrogens with one attached hydrogen (secondary N) is 1. The van der Waals surface area contributed by atoms with Crippen LogP contribution in [0.25, 0.3) is 10.2 Å². The van der Waals surface area contributed by atoms with Crippen molar-refractivity contribution in [2.24, 2.45) is 0 Å². The highest BCUT2D eigenvalue weighted by Gasteiger charge is 2.16. The fourth-order valence-electron chi connectivity index (χ4n) is 1.79. The summed E-state index contributed by atoms with van der Waals surface area (Å²) in [6.45, 7) is 0.405. The molecule has 8 heteroatoms. The molecule has 20 heavy (non-hydrogen) atoms. The van der Waals surface area contributed by atoms with Crippen LogP contribution in [0.5, 0.6) is 0 Å². The number of amides is 1. The Balaban J connectivity index is 1.71. The Morgan fingerprint density at radius 1 is 1.45 bits per heavy atom. The monoisotopic (exact) mass is 289 g/mol. The molecule has 3 rings (SSSR count). The molecule has 1 amide bonds. The summed E-state index contributed by atoms with van der Waals surface area (Å²) in [7, 11) is 0. The van der Waals surface area contributed by atoms with Gasteiger partial charge in [-0.25, -0.2) is 4.98 Å². The zero-order valence-corrected chi connectivity index (χ0v) is 11.2. The number of hydrogen-bond donors (Lipinski definition) is 2. The minimum Gasteiger partial charge on any atom is -0.397 e. The Bertz CT molecular complexity index is 737. The molecular weight excluding hydrogens is 278 g/mol. The Kier molecular flexibility index (Phi) is 3.30. The SMILES string of the molecule is Nc1c(C(=O)NCCc2ncno2)sc2ncccc12. The van der Waals surface area contributed by atoms with E-state index >= 15 is 0 Å². The van der Waals surface area contributed by atoms with Gasteiger partial charge >= 0.3 is 0 Å². The van der Waals surface area contributed by atoms with Gasteiger partial charge in [0.25, 0.3) is 5.91 Å². The van der Waals surface area contributed by atoms with E-state index in [1.807, 2.05) is 6.07 Å². The third-order valence-corrected chi connectivity index (χ3v) is 3.87. The third kappa shape index (κ3) is 2.32. The molecule has 7 nitrogen and oxygen atoms in total. The summed E-state index contributed by atoms with van der Waals surface area (Å²) in [5.41, 5.74) is 6.44. The average molecular weight is 289 g/mol. The first kappa shape index (κ1) is 12.5. The number of nitrogen functional groups attached to an aromatic ring is 1. The first-order valence-corrected chi connectivity index (χ1v) is 6.74. The predicted octanol–water partition coefficient (Wildman–Crippen LogP) is 1.23. The van der Waals surface area contributed by atoms with E-state index in [-0.39, 0.29) is 5.91 Å². The van der Waals surface area contributed by atoms with Gasteiger partial charge in [0.05, 0.1) is 5.69 Å². The second-order valence-electron chi connectivity index (χ2n) is 4.04. The number of nitrogens with zero attached hydrogens (tertiary/aromatic N) is 3. The number of carbonyl (C=O) groups is 1. The lowest BCUT2D eigenvalue weighted by atomic mass is 10.2. The Labute approximate surface area is 117 Å². The third-order valence-electron chi connectivity index (χ3n) is 2.74. The molecule has 0 aliphatic rings. The van der Waals surface area contributed by atoms with Crippen molar-refractivity contribution in [3.05, 3.63) is 35.4 Å². The van der Waals surface area contributed by atoms with E-state index in [9.17, 15) is 4.79 Å². The lowest BCUT2D eigenvalue weighted by Gasteiger charge is -2.02. The van der Waals surface area contributed by atoms with Gasteiger partial charge in [0.1, 0.15) is 9.71 Å². The molecule has 3 N–H and O–H groups in total. The molecule has 0 unspecified atom stereocenters. The molecule has 0 aliphatic carbocycles. The average Bonchev–Trinajstić information content (AvgIpc) is 3.08. The summed E-state index contributed by atoms with van der Waals surface area (Å²) >= 11 is 1.28. The van der Waals surface area contributed by atoms with Gasteiger partial charge in [0.15, 0.2) is 6.33 Å². The fourth-order valence-corrected chi connectivity index (χ4v) is 2.77. The molecule has 0 spiro atoms. The van der Waals surface area contributed by atoms with E-state index in [2.05, 4.69) is 20.4 Å². The molecule has 0 fully saturated rings. The van der Waals surface area contributed by atoms with Crippen molar-refractivity contribution < 1.29 is 9.32 Å². The minimum absolute atomic E-state index is 0.218. The number of anilines is 1. The smallest absolute Gasteiger partial charge is 0.263 e. The molecule has 102 valence electrons. The van der Waals surface area contributed by atoms with Crippen LogP contribution >= 0.6 is 11.3 Å². The number of carbonyl (C=O) groups excluding carboxylic acids is 1. The van der Waals surface area contributed by atoms with Gasteiger partial charge in [0, 0.05) is 24.5 Å². The highest BCUT2D eigenvalue weighted by Crippen LogP contribution is 2.31. The molecule has 3 heterocycles. The van der Waals surface area contributed by atoms with Gasteiger partial charge in [-0.2, -0.15) is 4.98 Å². The number of fused-ring (bicyclic) bond motifs is 1. The second kappa shape index (κ2) is 5.25. The van der Waals surface area contributed by atoms with Crippen LogP contribution in [0, 0.1) is 0 Å². The first-order chi connectivity index (χ1) is 9.75. The standard InChI is InChI=1S/C12H11N5O2S/c13-9-7-2-1-4-15-12(7)20-10(9)11(18)14-5-3-8-16-6-17-19-8/h1-2,4,6H,3,5,13H2,(H,14,18). The van der Waals surface area contributed by atoms with Crippen LogP contribution in [0.15, 0.2) is 29.2 Å². The van der Waals surface area contributed by atoms with Gasteiger partial charge in [0.2, 0.25) is 5.89 Å². The molecular formula is C12H11N5O2S. The highest BCUT2D eigenvalue weighted by molar-refractivity contribution is 7.21. The molecule has 0 radical (unpaired) electrons. The maximum absolute atomic E-state index is 12.1. The van der Waals surface area contributed by atoms with E-state index in [0.717, 1.165) is 10.2 Å². The maximum atomic E-state index is 12.1. The molecule has 0 aliphatic heterocycles. The molecule has 0 atom stereocenters. The summed E-state index contributed by atoms with van der Waals surface area (Å²) < 4.78 is 4.85. The molecule has 0 aromatic carbocycles. The summed E-state index contributed by atoms with van der Waals surface area (Å²) in [6.07, 6.45) is 3.48. The van der Waals surface area contributed by atoms with E-state index in [4.69, 9.17) is 10.3 Å². The first-order valence-electron chi connectivity index (χ1n) is 5.92. The van der Waals surface area contributed by atoms with Crippen LogP contribution in [0.4, 0.5) is 5.69 Å². The lowest BCUT2D eigenvalue weighted by molar-refractivity contribution is 0.0958. The van der Waals surface area contributed by atoms with Crippen molar-refractivity contribution in [1.82, 2.24) is 20.4 Å². The molecule has 0 saturated carbocycles. The van der Waals surface area contributed by atoms with Crippen molar-refractivity contribution in [1.29, 1.82) is 0 Å². The van der Waals surface area contributed by atoms with Crippen molar-refractivity contribution in [3.8, 4) is 0 Å². The zero-order valence-electron chi connectivity index (χ0n) is 10.4. The normalized spacial score (nSPS) is 10.8. The van der Waals surface area contributed by atoms with Gasteiger partial charge < -0.3 is 15.6 Å². The summed E-state index contributed by atoms with van der Waals surface area (Å²) in [5.74, 6) is 0.265. The highest BCUT2D eigenvalue weighted by atomic mass is 32.1. The van der Waals surface area contributed by atoms with Gasteiger partial charge in [-0.3, -0.25) is 4.79 Å². The predicted molar refractivity (Wildman–Crippen MR) is 74.4 cm³/mol.